The maximum absolute atomic E-state index is 12.6. The number of sulfone groups is 1. The van der Waals surface area contributed by atoms with Gasteiger partial charge in [-0.25, -0.2) is 8.42 Å². The van der Waals surface area contributed by atoms with Crippen LogP contribution in [0.3, 0.4) is 0 Å². The minimum Gasteiger partial charge on any atom is -0.339 e. The molecule has 4 nitrogen and oxygen atoms in total. The first kappa shape index (κ1) is 14.1. The second kappa shape index (κ2) is 5.15. The van der Waals surface area contributed by atoms with Gasteiger partial charge in [0.25, 0.3) is 0 Å². The molecule has 0 N–H and O–H groups in total. The third-order valence-corrected chi connectivity index (χ3v) is 7.04. The molecule has 0 radical (unpaired) electrons. The van der Waals surface area contributed by atoms with Crippen LogP contribution in [0.15, 0.2) is 17.5 Å². The first-order valence-electron chi connectivity index (χ1n) is 7.06. The Kier molecular flexibility index (Phi) is 3.62. The topological polar surface area (TPSA) is 54.5 Å². The van der Waals surface area contributed by atoms with Crippen molar-refractivity contribution in [3.63, 3.8) is 0 Å². The zero-order valence-electron chi connectivity index (χ0n) is 11.5. The molecule has 20 heavy (non-hydrogen) atoms. The third-order valence-electron chi connectivity index (χ3n) is 4.29. The summed E-state index contributed by atoms with van der Waals surface area (Å²) in [6, 6.07) is 3.99. The highest BCUT2D eigenvalue weighted by molar-refractivity contribution is 7.91. The Labute approximate surface area is 123 Å². The van der Waals surface area contributed by atoms with Gasteiger partial charge in [0.1, 0.15) is 0 Å². The van der Waals surface area contributed by atoms with Crippen LogP contribution in [0.4, 0.5) is 0 Å². The Morgan fingerprint density at radius 2 is 2.30 bits per heavy atom. The SMILES string of the molecule is CCN(C(=O)C1CC1c1cccs1)C1CCS(=O)(=O)C1. The van der Waals surface area contributed by atoms with Crippen LogP contribution in [0.2, 0.25) is 0 Å². The molecule has 2 aliphatic rings. The summed E-state index contributed by atoms with van der Waals surface area (Å²) in [5, 5.41) is 2.04. The fraction of sp³-hybridized carbons (Fsp3) is 0.643. The van der Waals surface area contributed by atoms with E-state index in [-0.39, 0.29) is 29.4 Å². The number of hydrogen-bond acceptors (Lipinski definition) is 4. The van der Waals surface area contributed by atoms with Crippen LogP contribution >= 0.6 is 11.3 Å². The molecule has 3 unspecified atom stereocenters. The highest BCUT2D eigenvalue weighted by Crippen LogP contribution is 2.50. The molecule has 2 fully saturated rings. The van der Waals surface area contributed by atoms with Gasteiger partial charge in [0.15, 0.2) is 9.84 Å². The predicted octanol–water partition coefficient (Wildman–Crippen LogP) is 1.89. The van der Waals surface area contributed by atoms with Crippen LogP contribution in [0.25, 0.3) is 0 Å². The molecule has 0 spiro atoms. The Bertz CT molecular complexity index is 594. The van der Waals surface area contributed by atoms with E-state index in [0.29, 0.717) is 18.9 Å². The average Bonchev–Trinajstić information content (AvgIpc) is 2.84. The fourth-order valence-corrected chi connectivity index (χ4v) is 5.75. The molecule has 110 valence electrons. The number of nitrogens with zero attached hydrogens (tertiary/aromatic N) is 1. The van der Waals surface area contributed by atoms with Crippen molar-refractivity contribution in [2.24, 2.45) is 5.92 Å². The zero-order valence-corrected chi connectivity index (χ0v) is 13.1. The molecular weight excluding hydrogens is 294 g/mol. The number of rotatable bonds is 4. The van der Waals surface area contributed by atoms with Gasteiger partial charge in [0.05, 0.1) is 11.5 Å². The Balaban J connectivity index is 1.67. The molecule has 1 aliphatic carbocycles. The van der Waals surface area contributed by atoms with Crippen LogP contribution in [0, 0.1) is 5.92 Å². The largest absolute Gasteiger partial charge is 0.339 e. The summed E-state index contributed by atoms with van der Waals surface area (Å²) < 4.78 is 23.2. The summed E-state index contributed by atoms with van der Waals surface area (Å²) in [6.07, 6.45) is 1.51. The lowest BCUT2D eigenvalue weighted by molar-refractivity contribution is -0.134. The van der Waals surface area contributed by atoms with Gasteiger partial charge in [-0.1, -0.05) is 6.07 Å². The molecule has 1 aromatic rings. The average molecular weight is 313 g/mol. The summed E-state index contributed by atoms with van der Waals surface area (Å²) in [4.78, 5) is 15.6. The van der Waals surface area contributed by atoms with Crippen molar-refractivity contribution in [3.05, 3.63) is 22.4 Å². The minimum atomic E-state index is -2.94. The molecule has 1 aliphatic heterocycles. The van der Waals surface area contributed by atoms with Crippen molar-refractivity contribution in [2.75, 3.05) is 18.1 Å². The first-order valence-corrected chi connectivity index (χ1v) is 9.76. The summed E-state index contributed by atoms with van der Waals surface area (Å²) in [6.45, 7) is 2.54. The van der Waals surface area contributed by atoms with Gasteiger partial charge in [-0.05, 0) is 31.2 Å². The summed E-state index contributed by atoms with van der Waals surface area (Å²) in [7, 11) is -2.94. The molecule has 3 atom stereocenters. The van der Waals surface area contributed by atoms with E-state index in [1.54, 1.807) is 16.2 Å². The minimum absolute atomic E-state index is 0.0666. The van der Waals surface area contributed by atoms with E-state index in [9.17, 15) is 13.2 Å². The van der Waals surface area contributed by atoms with E-state index in [2.05, 4.69) is 6.07 Å². The number of carbonyl (C=O) groups excluding carboxylic acids is 1. The molecule has 2 heterocycles. The number of thiophene rings is 1. The Hall–Kier alpha value is -0.880. The lowest BCUT2D eigenvalue weighted by Gasteiger charge is -2.27. The number of amides is 1. The highest BCUT2D eigenvalue weighted by atomic mass is 32.2. The molecule has 6 heteroatoms. The van der Waals surface area contributed by atoms with E-state index < -0.39 is 9.84 Å². The molecule has 0 aromatic carbocycles. The quantitative estimate of drug-likeness (QED) is 0.853. The number of hydrogen-bond donors (Lipinski definition) is 0. The zero-order chi connectivity index (χ0) is 14.3. The van der Waals surface area contributed by atoms with Crippen molar-refractivity contribution in [1.29, 1.82) is 0 Å². The van der Waals surface area contributed by atoms with Crippen molar-refractivity contribution in [1.82, 2.24) is 4.90 Å². The fourth-order valence-electron chi connectivity index (χ4n) is 3.11. The second-order valence-corrected chi connectivity index (χ2v) is 8.85. The van der Waals surface area contributed by atoms with E-state index >= 15 is 0 Å². The van der Waals surface area contributed by atoms with Crippen molar-refractivity contribution in [2.45, 2.75) is 31.7 Å². The van der Waals surface area contributed by atoms with E-state index in [1.165, 1.54) is 4.88 Å². The van der Waals surface area contributed by atoms with Crippen molar-refractivity contribution in [3.8, 4) is 0 Å². The first-order chi connectivity index (χ1) is 9.52. The summed E-state index contributed by atoms with van der Waals surface area (Å²) in [5.74, 6) is 0.933. The smallest absolute Gasteiger partial charge is 0.226 e. The van der Waals surface area contributed by atoms with Gasteiger partial charge in [-0.2, -0.15) is 0 Å². The van der Waals surface area contributed by atoms with Gasteiger partial charge in [-0.15, -0.1) is 11.3 Å². The van der Waals surface area contributed by atoms with Gasteiger partial charge in [-0.3, -0.25) is 4.79 Å². The van der Waals surface area contributed by atoms with Gasteiger partial charge >= 0.3 is 0 Å². The van der Waals surface area contributed by atoms with Gasteiger partial charge in [0.2, 0.25) is 5.91 Å². The molecule has 0 bridgehead atoms. The Morgan fingerprint density at radius 3 is 2.85 bits per heavy atom. The van der Waals surface area contributed by atoms with Gasteiger partial charge < -0.3 is 4.90 Å². The van der Waals surface area contributed by atoms with Crippen molar-refractivity contribution < 1.29 is 13.2 Å². The van der Waals surface area contributed by atoms with Crippen LogP contribution < -0.4 is 0 Å². The number of carbonyl (C=O) groups is 1. The normalized spacial score (nSPS) is 31.1. The van der Waals surface area contributed by atoms with Crippen LogP contribution in [-0.2, 0) is 14.6 Å². The van der Waals surface area contributed by atoms with E-state index in [0.717, 1.165) is 6.42 Å². The molecule has 1 amide bonds. The third kappa shape index (κ3) is 2.63. The maximum Gasteiger partial charge on any atom is 0.226 e. The second-order valence-electron chi connectivity index (χ2n) is 5.65. The summed E-state index contributed by atoms with van der Waals surface area (Å²) in [5.41, 5.74) is 0. The lowest BCUT2D eigenvalue weighted by atomic mass is 10.1. The van der Waals surface area contributed by atoms with E-state index in [1.807, 2.05) is 18.4 Å². The molecular formula is C14H19NO3S2. The van der Waals surface area contributed by atoms with Crippen LogP contribution in [0.1, 0.15) is 30.6 Å². The van der Waals surface area contributed by atoms with Crippen molar-refractivity contribution >= 4 is 27.1 Å². The summed E-state index contributed by atoms with van der Waals surface area (Å²) >= 11 is 1.70. The van der Waals surface area contributed by atoms with Gasteiger partial charge in [0, 0.05) is 29.3 Å². The van der Waals surface area contributed by atoms with E-state index in [4.69, 9.17) is 0 Å². The predicted molar refractivity (Wildman–Crippen MR) is 79.6 cm³/mol. The monoisotopic (exact) mass is 313 g/mol. The molecule has 1 aromatic heterocycles. The molecule has 3 rings (SSSR count). The lowest BCUT2D eigenvalue weighted by Crippen LogP contribution is -2.42. The Morgan fingerprint density at radius 1 is 1.50 bits per heavy atom. The maximum atomic E-state index is 12.6. The highest BCUT2D eigenvalue weighted by Gasteiger charge is 2.48. The standard InChI is InChI=1S/C14H19NO3S2/c1-2-15(10-5-7-20(17,18)9-10)14(16)12-8-11(12)13-4-3-6-19-13/h3-4,6,10-12H,2,5,7-9H2,1H3. The molecule has 1 saturated heterocycles. The van der Waals surface area contributed by atoms with Crippen LogP contribution in [0.5, 0.6) is 0 Å². The molecule has 1 saturated carbocycles. The van der Waals surface area contributed by atoms with Crippen LogP contribution in [-0.4, -0.2) is 43.3 Å².